The molecule has 3 rings (SSSR count). The largest absolute Gasteiger partial charge is 0.490 e. The van der Waals surface area contributed by atoms with Gasteiger partial charge >= 0.3 is 5.97 Å². The van der Waals surface area contributed by atoms with E-state index in [2.05, 4.69) is 10.3 Å². The van der Waals surface area contributed by atoms with Gasteiger partial charge in [-0.2, -0.15) is 0 Å². The van der Waals surface area contributed by atoms with Gasteiger partial charge in [0, 0.05) is 16.8 Å². The zero-order valence-electron chi connectivity index (χ0n) is 12.8. The highest BCUT2D eigenvalue weighted by Gasteiger charge is 2.14. The lowest BCUT2D eigenvalue weighted by Gasteiger charge is -2.11. The van der Waals surface area contributed by atoms with Gasteiger partial charge in [0.1, 0.15) is 23.9 Å². The first-order valence-electron chi connectivity index (χ1n) is 7.34. The number of ether oxygens (including phenoxy) is 1. The Balaban J connectivity index is 1.94. The van der Waals surface area contributed by atoms with Crippen LogP contribution in [0.4, 0.5) is 15.8 Å². The quantitative estimate of drug-likeness (QED) is 0.534. The van der Waals surface area contributed by atoms with E-state index in [0.29, 0.717) is 27.5 Å². The molecule has 130 valence electrons. The van der Waals surface area contributed by atoms with Crippen LogP contribution in [0.5, 0.6) is 5.75 Å². The van der Waals surface area contributed by atoms with E-state index in [4.69, 9.17) is 26.6 Å². The van der Waals surface area contributed by atoms with Gasteiger partial charge in [-0.3, -0.25) is 0 Å². The lowest BCUT2D eigenvalue weighted by Crippen LogP contribution is -2.02. The van der Waals surface area contributed by atoms with Gasteiger partial charge < -0.3 is 25.3 Å². The van der Waals surface area contributed by atoms with Crippen molar-refractivity contribution in [3.05, 3.63) is 52.9 Å². The molecule has 25 heavy (non-hydrogen) atoms. The Labute approximate surface area is 146 Å². The van der Waals surface area contributed by atoms with Crippen LogP contribution in [0.15, 0.2) is 36.4 Å². The first kappa shape index (κ1) is 17.1. The Morgan fingerprint density at radius 1 is 1.28 bits per heavy atom. The van der Waals surface area contributed by atoms with Crippen molar-refractivity contribution in [3.63, 3.8) is 0 Å². The number of halogens is 2. The number of benzene rings is 2. The Bertz CT molecular complexity index is 942. The molecule has 0 fully saturated rings. The molecule has 0 atom stereocenters. The van der Waals surface area contributed by atoms with Crippen LogP contribution in [-0.4, -0.2) is 34.4 Å². The molecule has 6 nitrogen and oxygen atoms in total. The second-order valence-electron chi connectivity index (χ2n) is 5.21. The summed E-state index contributed by atoms with van der Waals surface area (Å²) < 4.78 is 19.2. The monoisotopic (exact) mass is 364 g/mol. The van der Waals surface area contributed by atoms with Gasteiger partial charge in [-0.1, -0.05) is 11.6 Å². The van der Waals surface area contributed by atoms with E-state index in [-0.39, 0.29) is 24.4 Å². The molecule has 1 aromatic heterocycles. The number of aromatic carboxylic acids is 1. The smallest absolute Gasteiger partial charge is 0.352 e. The summed E-state index contributed by atoms with van der Waals surface area (Å²) >= 11 is 6.13. The molecule has 0 aliphatic carbocycles. The van der Waals surface area contributed by atoms with Crippen LogP contribution in [-0.2, 0) is 0 Å². The van der Waals surface area contributed by atoms with Crippen LogP contribution < -0.4 is 10.1 Å². The zero-order valence-corrected chi connectivity index (χ0v) is 13.6. The van der Waals surface area contributed by atoms with Crippen LogP contribution in [0.2, 0.25) is 5.02 Å². The van der Waals surface area contributed by atoms with E-state index in [9.17, 15) is 9.18 Å². The fourth-order valence-electron chi connectivity index (χ4n) is 2.42. The molecule has 2 aromatic carbocycles. The number of carbonyl (C=O) groups is 1. The van der Waals surface area contributed by atoms with E-state index in [0.717, 1.165) is 0 Å². The SMILES string of the molecule is O=C(O)c1cc2c(Nc3ccc(OCCO)c(Cl)c3)ccc(F)c2[nH]1. The Morgan fingerprint density at radius 2 is 2.08 bits per heavy atom. The second-order valence-corrected chi connectivity index (χ2v) is 5.62. The lowest BCUT2D eigenvalue weighted by atomic mass is 10.2. The van der Waals surface area contributed by atoms with E-state index in [1.165, 1.54) is 18.2 Å². The van der Waals surface area contributed by atoms with Crippen LogP contribution in [0.25, 0.3) is 10.9 Å². The summed E-state index contributed by atoms with van der Waals surface area (Å²) in [7, 11) is 0. The molecule has 0 spiro atoms. The molecule has 0 aliphatic heterocycles. The number of aromatic amines is 1. The van der Waals surface area contributed by atoms with Crippen molar-refractivity contribution in [2.45, 2.75) is 0 Å². The van der Waals surface area contributed by atoms with Crippen molar-refractivity contribution in [1.82, 2.24) is 4.98 Å². The van der Waals surface area contributed by atoms with E-state index in [1.807, 2.05) is 0 Å². The minimum atomic E-state index is -1.17. The molecular weight excluding hydrogens is 351 g/mol. The molecule has 0 bridgehead atoms. The number of rotatable bonds is 6. The summed E-state index contributed by atoms with van der Waals surface area (Å²) in [6, 6.07) is 9.09. The number of hydrogen-bond acceptors (Lipinski definition) is 4. The summed E-state index contributed by atoms with van der Waals surface area (Å²) in [4.78, 5) is 13.6. The normalized spacial score (nSPS) is 10.8. The molecule has 0 amide bonds. The van der Waals surface area contributed by atoms with Gasteiger partial charge in [-0.05, 0) is 36.4 Å². The molecule has 1 heterocycles. The van der Waals surface area contributed by atoms with Crippen LogP contribution in [0.1, 0.15) is 10.5 Å². The predicted octanol–water partition coefficient (Wildman–Crippen LogP) is 3.77. The van der Waals surface area contributed by atoms with E-state index < -0.39 is 11.8 Å². The minimum absolute atomic E-state index is 0.103. The van der Waals surface area contributed by atoms with Crippen LogP contribution >= 0.6 is 11.6 Å². The number of aliphatic hydroxyl groups excluding tert-OH is 1. The number of aromatic nitrogens is 1. The zero-order chi connectivity index (χ0) is 18.0. The van der Waals surface area contributed by atoms with Gasteiger partial charge in [0.05, 0.1) is 17.1 Å². The molecule has 3 aromatic rings. The fraction of sp³-hybridized carbons (Fsp3) is 0.118. The van der Waals surface area contributed by atoms with Crippen molar-refractivity contribution < 1.29 is 24.1 Å². The molecule has 4 N–H and O–H groups in total. The lowest BCUT2D eigenvalue weighted by molar-refractivity contribution is 0.0691. The number of fused-ring (bicyclic) bond motifs is 1. The van der Waals surface area contributed by atoms with Crippen LogP contribution in [0, 0.1) is 5.82 Å². The Morgan fingerprint density at radius 3 is 2.76 bits per heavy atom. The Kier molecular flexibility index (Phi) is 4.78. The number of hydrogen-bond donors (Lipinski definition) is 4. The van der Waals surface area contributed by atoms with Crippen LogP contribution in [0.3, 0.4) is 0 Å². The van der Waals surface area contributed by atoms with Gasteiger partial charge in [-0.25, -0.2) is 9.18 Å². The predicted molar refractivity (Wildman–Crippen MR) is 92.5 cm³/mol. The fourth-order valence-corrected chi connectivity index (χ4v) is 2.65. The highest BCUT2D eigenvalue weighted by Crippen LogP contribution is 2.32. The Hall–Kier alpha value is -2.77. The molecule has 0 saturated heterocycles. The number of carboxylic acid groups (broad SMARTS) is 1. The van der Waals surface area contributed by atoms with E-state index in [1.54, 1.807) is 18.2 Å². The summed E-state index contributed by atoms with van der Waals surface area (Å²) in [5.74, 6) is -1.28. The van der Waals surface area contributed by atoms with Crippen molar-refractivity contribution in [2.24, 2.45) is 0 Å². The number of carboxylic acids is 1. The third kappa shape index (κ3) is 3.52. The molecule has 0 saturated carbocycles. The maximum Gasteiger partial charge on any atom is 0.352 e. The summed E-state index contributed by atoms with van der Waals surface area (Å²) in [6.45, 7) is 0.00961. The average molecular weight is 365 g/mol. The summed E-state index contributed by atoms with van der Waals surface area (Å²) in [5, 5.41) is 21.7. The highest BCUT2D eigenvalue weighted by molar-refractivity contribution is 6.32. The third-order valence-corrected chi connectivity index (χ3v) is 3.83. The summed E-state index contributed by atoms with van der Waals surface area (Å²) in [6.07, 6.45) is 0. The topological polar surface area (TPSA) is 94.6 Å². The molecule has 0 radical (unpaired) electrons. The maximum atomic E-state index is 13.9. The number of H-pyrrole nitrogens is 1. The molecule has 8 heteroatoms. The van der Waals surface area contributed by atoms with Gasteiger partial charge in [0.2, 0.25) is 0 Å². The van der Waals surface area contributed by atoms with Crippen molar-refractivity contribution in [3.8, 4) is 5.75 Å². The second kappa shape index (κ2) is 7.00. The average Bonchev–Trinajstić information content (AvgIpc) is 3.03. The first-order chi connectivity index (χ1) is 12.0. The standard InChI is InChI=1S/C17H14ClFN2O4/c18-11-7-9(1-4-15(11)25-6-5-22)20-13-3-2-12(19)16-10(13)8-14(21-16)17(23)24/h1-4,7-8,20-22H,5-6H2,(H,23,24). The summed E-state index contributed by atoms with van der Waals surface area (Å²) in [5.41, 5.74) is 1.15. The van der Waals surface area contributed by atoms with Gasteiger partial charge in [0.25, 0.3) is 0 Å². The van der Waals surface area contributed by atoms with Crippen molar-refractivity contribution in [2.75, 3.05) is 18.5 Å². The third-order valence-electron chi connectivity index (χ3n) is 3.53. The molecule has 0 unspecified atom stereocenters. The van der Waals surface area contributed by atoms with Gasteiger partial charge in [-0.15, -0.1) is 0 Å². The number of aliphatic hydroxyl groups is 1. The van der Waals surface area contributed by atoms with Crippen molar-refractivity contribution >= 4 is 39.8 Å². The number of nitrogens with one attached hydrogen (secondary N) is 2. The van der Waals surface area contributed by atoms with Gasteiger partial charge in [0.15, 0.2) is 0 Å². The maximum absolute atomic E-state index is 13.9. The van der Waals surface area contributed by atoms with E-state index >= 15 is 0 Å². The molecular formula is C17H14ClFN2O4. The first-order valence-corrected chi connectivity index (χ1v) is 7.72. The molecule has 0 aliphatic rings. The number of anilines is 2. The van der Waals surface area contributed by atoms with Crippen molar-refractivity contribution in [1.29, 1.82) is 0 Å². The minimum Gasteiger partial charge on any atom is -0.490 e. The highest BCUT2D eigenvalue weighted by atomic mass is 35.5.